The summed E-state index contributed by atoms with van der Waals surface area (Å²) in [5.41, 5.74) is 1.59. The lowest BCUT2D eigenvalue weighted by molar-refractivity contribution is 0.0478. The van der Waals surface area contributed by atoms with E-state index in [1.165, 1.54) is 11.7 Å². The molecule has 7 heteroatoms. The summed E-state index contributed by atoms with van der Waals surface area (Å²) in [4.78, 5) is 30.7. The van der Waals surface area contributed by atoms with Crippen molar-refractivity contribution in [3.63, 3.8) is 0 Å². The van der Waals surface area contributed by atoms with E-state index >= 15 is 0 Å². The first kappa shape index (κ1) is 18.9. The van der Waals surface area contributed by atoms with Crippen LogP contribution >= 0.6 is 11.3 Å². The third-order valence-corrected chi connectivity index (χ3v) is 5.41. The van der Waals surface area contributed by atoms with E-state index in [0.29, 0.717) is 21.6 Å². The zero-order valence-electron chi connectivity index (χ0n) is 15.7. The highest BCUT2D eigenvalue weighted by Crippen LogP contribution is 2.25. The fraction of sp³-hybridized carbons (Fsp3) is 0.136. The number of rotatable bonds is 6. The van der Waals surface area contributed by atoms with E-state index < -0.39 is 5.97 Å². The Labute approximate surface area is 171 Å². The van der Waals surface area contributed by atoms with Gasteiger partial charge in [0.2, 0.25) is 0 Å². The van der Waals surface area contributed by atoms with Crippen LogP contribution in [0.1, 0.15) is 20.8 Å². The second-order valence-corrected chi connectivity index (χ2v) is 7.40. The van der Waals surface area contributed by atoms with Crippen molar-refractivity contribution in [3.8, 4) is 6.01 Å². The fourth-order valence-corrected chi connectivity index (χ4v) is 3.86. The molecule has 0 aliphatic rings. The lowest BCUT2D eigenvalue weighted by atomic mass is 10.2. The number of esters is 1. The average Bonchev–Trinajstić information content (AvgIpc) is 3.20. The number of nitrogens with zero attached hydrogens (tertiary/aromatic N) is 2. The zero-order chi connectivity index (χ0) is 20.2. The van der Waals surface area contributed by atoms with Crippen molar-refractivity contribution in [1.29, 1.82) is 0 Å². The highest BCUT2D eigenvalue weighted by Gasteiger charge is 2.18. The standard InChI is InChI=1S/C22H18N2O4S/c1-27-22-23-19-17(20(25)24(22)13-15-8-4-2-5-9-15)12-18(29-19)21(26)28-14-16-10-6-3-7-11-16/h2-12H,13-14H2,1H3. The van der Waals surface area contributed by atoms with Crippen LogP contribution in [0.25, 0.3) is 10.2 Å². The summed E-state index contributed by atoms with van der Waals surface area (Å²) in [7, 11) is 1.47. The molecule has 0 amide bonds. The summed E-state index contributed by atoms with van der Waals surface area (Å²) in [5, 5.41) is 0.374. The topological polar surface area (TPSA) is 70.4 Å². The number of carbonyl (C=O) groups is 1. The van der Waals surface area contributed by atoms with Crippen molar-refractivity contribution in [3.05, 3.63) is 93.1 Å². The molecule has 0 radical (unpaired) electrons. The Kier molecular flexibility index (Phi) is 5.39. The van der Waals surface area contributed by atoms with Gasteiger partial charge in [0.05, 0.1) is 19.0 Å². The number of benzene rings is 2. The Hall–Kier alpha value is -3.45. The molecule has 0 aliphatic heterocycles. The number of methoxy groups -OCH3 is 1. The molecule has 0 saturated heterocycles. The molecule has 2 heterocycles. The quantitative estimate of drug-likeness (QED) is 0.455. The molecule has 4 aromatic rings. The van der Waals surface area contributed by atoms with Gasteiger partial charge in [-0.15, -0.1) is 11.3 Å². The SMILES string of the molecule is COc1nc2sc(C(=O)OCc3ccccc3)cc2c(=O)n1Cc1ccccc1. The van der Waals surface area contributed by atoms with Crippen LogP contribution < -0.4 is 10.3 Å². The van der Waals surface area contributed by atoms with Crippen LogP contribution in [0.2, 0.25) is 0 Å². The van der Waals surface area contributed by atoms with E-state index in [1.807, 2.05) is 60.7 Å². The predicted octanol–water partition coefficient (Wildman–Crippen LogP) is 3.87. The van der Waals surface area contributed by atoms with Gasteiger partial charge in [-0.2, -0.15) is 4.98 Å². The van der Waals surface area contributed by atoms with Crippen molar-refractivity contribution < 1.29 is 14.3 Å². The first-order valence-electron chi connectivity index (χ1n) is 8.99. The number of ether oxygens (including phenoxy) is 2. The highest BCUT2D eigenvalue weighted by molar-refractivity contribution is 7.20. The van der Waals surface area contributed by atoms with Crippen LogP contribution in [0.4, 0.5) is 0 Å². The number of aromatic nitrogens is 2. The van der Waals surface area contributed by atoms with Crippen LogP contribution in [-0.4, -0.2) is 22.6 Å². The average molecular weight is 406 g/mol. The molecule has 0 atom stereocenters. The largest absolute Gasteiger partial charge is 0.468 e. The molecule has 2 aromatic carbocycles. The van der Waals surface area contributed by atoms with Crippen LogP contribution in [-0.2, 0) is 17.9 Å². The van der Waals surface area contributed by atoms with E-state index in [1.54, 1.807) is 6.07 Å². The van der Waals surface area contributed by atoms with E-state index in [-0.39, 0.29) is 18.2 Å². The van der Waals surface area contributed by atoms with Crippen LogP contribution in [0, 0.1) is 0 Å². The molecule has 0 aliphatic carbocycles. The minimum atomic E-state index is -0.482. The van der Waals surface area contributed by atoms with Gasteiger partial charge in [-0.05, 0) is 17.2 Å². The first-order valence-corrected chi connectivity index (χ1v) is 9.80. The smallest absolute Gasteiger partial charge is 0.348 e. The number of carbonyl (C=O) groups excluding carboxylic acids is 1. The highest BCUT2D eigenvalue weighted by atomic mass is 32.1. The van der Waals surface area contributed by atoms with Gasteiger partial charge in [-0.3, -0.25) is 9.36 Å². The molecule has 0 bridgehead atoms. The lowest BCUT2D eigenvalue weighted by Crippen LogP contribution is -2.23. The number of hydrogen-bond acceptors (Lipinski definition) is 6. The molecule has 0 spiro atoms. The summed E-state index contributed by atoms with van der Waals surface area (Å²) < 4.78 is 12.2. The zero-order valence-corrected chi connectivity index (χ0v) is 16.5. The molecule has 0 fully saturated rings. The normalized spacial score (nSPS) is 10.8. The molecule has 0 N–H and O–H groups in total. The van der Waals surface area contributed by atoms with Gasteiger partial charge in [0.1, 0.15) is 16.3 Å². The molecule has 0 saturated carbocycles. The Bertz CT molecular complexity index is 1200. The molecule has 2 aromatic heterocycles. The predicted molar refractivity (Wildman–Crippen MR) is 112 cm³/mol. The monoisotopic (exact) mass is 406 g/mol. The summed E-state index contributed by atoms with van der Waals surface area (Å²) in [6.45, 7) is 0.498. The maximum Gasteiger partial charge on any atom is 0.348 e. The van der Waals surface area contributed by atoms with E-state index in [0.717, 1.165) is 22.5 Å². The minimum absolute atomic E-state index is 0.170. The van der Waals surface area contributed by atoms with Crippen molar-refractivity contribution in [2.24, 2.45) is 0 Å². The van der Waals surface area contributed by atoms with E-state index in [2.05, 4.69) is 4.98 Å². The molecule has 29 heavy (non-hydrogen) atoms. The van der Waals surface area contributed by atoms with Gasteiger partial charge in [0.15, 0.2) is 0 Å². The van der Waals surface area contributed by atoms with Gasteiger partial charge in [0.25, 0.3) is 5.56 Å². The number of hydrogen-bond donors (Lipinski definition) is 0. The molecule has 146 valence electrons. The lowest BCUT2D eigenvalue weighted by Gasteiger charge is -2.10. The van der Waals surface area contributed by atoms with Crippen LogP contribution in [0.3, 0.4) is 0 Å². The van der Waals surface area contributed by atoms with Gasteiger partial charge in [-0.1, -0.05) is 60.7 Å². The maximum absolute atomic E-state index is 13.0. The Morgan fingerprint density at radius 3 is 2.34 bits per heavy atom. The third-order valence-electron chi connectivity index (χ3n) is 4.40. The van der Waals surface area contributed by atoms with Gasteiger partial charge in [-0.25, -0.2) is 4.79 Å². The Balaban J connectivity index is 1.64. The minimum Gasteiger partial charge on any atom is -0.468 e. The van der Waals surface area contributed by atoms with Gasteiger partial charge < -0.3 is 9.47 Å². The molecule has 4 rings (SSSR count). The Morgan fingerprint density at radius 2 is 1.69 bits per heavy atom. The number of thiophene rings is 1. The second-order valence-electron chi connectivity index (χ2n) is 6.37. The van der Waals surface area contributed by atoms with E-state index in [4.69, 9.17) is 9.47 Å². The van der Waals surface area contributed by atoms with Crippen LogP contribution in [0.5, 0.6) is 6.01 Å². The summed E-state index contributed by atoms with van der Waals surface area (Å²) in [6, 6.07) is 20.8. The van der Waals surface area contributed by atoms with Crippen molar-refractivity contribution in [1.82, 2.24) is 9.55 Å². The number of fused-ring (bicyclic) bond motifs is 1. The second kappa shape index (κ2) is 8.28. The van der Waals surface area contributed by atoms with Gasteiger partial charge >= 0.3 is 12.0 Å². The van der Waals surface area contributed by atoms with Crippen LogP contribution in [0.15, 0.2) is 71.5 Å². The molecular weight excluding hydrogens is 388 g/mol. The molecular formula is C22H18N2O4S. The van der Waals surface area contributed by atoms with Crippen molar-refractivity contribution in [2.45, 2.75) is 13.2 Å². The third kappa shape index (κ3) is 4.05. The first-order chi connectivity index (χ1) is 14.2. The fourth-order valence-electron chi connectivity index (χ4n) is 2.95. The Morgan fingerprint density at radius 1 is 1.03 bits per heavy atom. The molecule has 0 unspecified atom stereocenters. The van der Waals surface area contributed by atoms with Gasteiger partial charge in [0, 0.05) is 0 Å². The van der Waals surface area contributed by atoms with Crippen molar-refractivity contribution in [2.75, 3.05) is 7.11 Å². The summed E-state index contributed by atoms with van der Waals surface area (Å²) >= 11 is 1.12. The summed E-state index contributed by atoms with van der Waals surface area (Å²) in [6.07, 6.45) is 0. The maximum atomic E-state index is 13.0. The van der Waals surface area contributed by atoms with Crippen molar-refractivity contribution >= 4 is 27.5 Å². The van der Waals surface area contributed by atoms with E-state index in [9.17, 15) is 9.59 Å². The molecule has 6 nitrogen and oxygen atoms in total. The summed E-state index contributed by atoms with van der Waals surface area (Å²) in [5.74, 6) is -0.482.